The molecule has 22 heteroatoms. The van der Waals surface area contributed by atoms with Gasteiger partial charge in [0.1, 0.15) is 52.6 Å². The van der Waals surface area contributed by atoms with Crippen LogP contribution in [-0.2, 0) is 79.6 Å². The number of aliphatic hydroxyl groups excluding tert-OH is 1. The largest absolute Gasteiger partial charge is 0.508 e. The Morgan fingerprint density at radius 3 is 2.00 bits per heavy atom. The predicted octanol–water partition coefficient (Wildman–Crippen LogP) is 4.62. The summed E-state index contributed by atoms with van der Waals surface area (Å²) in [5.41, 5.74) is -0.0574. The molecule has 4 amide bonds. The molecular weight excluding hydrogens is 1060 g/mol. The Bertz CT molecular complexity index is 2530. The maximum atomic E-state index is 14.1. The first-order valence-corrected chi connectivity index (χ1v) is 28.7. The lowest BCUT2D eigenvalue weighted by Gasteiger charge is -2.36. The zero-order chi connectivity index (χ0) is 59.9. The molecule has 0 spiro atoms. The molecule has 22 nitrogen and oxygen atoms in total. The number of phenolic OH excluding ortho intramolecular Hbond substituents is 2. The van der Waals surface area contributed by atoms with Crippen LogP contribution in [0.15, 0.2) is 42.5 Å². The number of benzene rings is 2. The van der Waals surface area contributed by atoms with Crippen LogP contribution in [0.4, 0.5) is 0 Å². The Hall–Kier alpha value is -6.52. The number of phenols is 2. The minimum absolute atomic E-state index is 0.0270. The molecule has 0 aromatic heterocycles. The zero-order valence-corrected chi connectivity index (χ0v) is 48.8. The molecule has 7 rings (SSSR count). The summed E-state index contributed by atoms with van der Waals surface area (Å²) in [4.78, 5) is 108. The maximum absolute atomic E-state index is 14.1. The number of rotatable bonds is 14. The third-order valence-corrected chi connectivity index (χ3v) is 15.3. The second-order valence-electron chi connectivity index (χ2n) is 24.0. The van der Waals surface area contributed by atoms with Crippen LogP contribution in [0.5, 0.6) is 17.2 Å². The number of methoxy groups -OCH3 is 2. The van der Waals surface area contributed by atoms with Gasteiger partial charge >= 0.3 is 23.9 Å². The van der Waals surface area contributed by atoms with Crippen LogP contribution in [0, 0.1) is 23.7 Å². The van der Waals surface area contributed by atoms with Gasteiger partial charge < -0.3 is 68.9 Å². The summed E-state index contributed by atoms with van der Waals surface area (Å²) in [6.45, 7) is 12.3. The van der Waals surface area contributed by atoms with Gasteiger partial charge in [0.25, 0.3) is 0 Å². The molecule has 2 saturated heterocycles. The standard InChI is InChI=1S/C30H42N2O9.C30H44N2O9/c1-30(2,3)41-28(36)20-8-6-19(7-9-20)26-27(35)32-17-23(16-24(32)29(37)38-4)40-11-5-10-39-22-13-18(12-21(33)15-22)14-25(34)31-26;1-30(2,3)41-28(37)21-11-9-20(10-12-21)26(31-25(35)16-19-7-5-8-22(34)15-19)27(36)32-18-23(40-14-6-13-33)17-24(32)29(38)39-4/h12-13,15,19-20,23-24,26,33H,5-11,14,16-17H2,1-4H3,(H,31,34);5,7-8,15,20-21,23-24,26,33-34H,6,9-14,16-18H2,1-4H3,(H,31,35)/t19?,20?,23-,24+,26+;20?,21?,23-,24+,26+/m11/s1. The lowest BCUT2D eigenvalue weighted by atomic mass is 9.78. The molecule has 3 heterocycles. The van der Waals surface area contributed by atoms with Crippen LogP contribution in [0.1, 0.15) is 130 Å². The van der Waals surface area contributed by atoms with Gasteiger partial charge in [-0.25, -0.2) is 9.59 Å². The summed E-state index contributed by atoms with van der Waals surface area (Å²) in [6, 6.07) is 7.48. The summed E-state index contributed by atoms with van der Waals surface area (Å²) >= 11 is 0. The number of carbonyl (C=O) groups excluding carboxylic acids is 8. The van der Waals surface area contributed by atoms with E-state index in [1.165, 1.54) is 48.3 Å². The summed E-state index contributed by atoms with van der Waals surface area (Å²) in [6.07, 6.45) is 4.79. The Kier molecular flexibility index (Phi) is 23.4. The third kappa shape index (κ3) is 19.0. The lowest BCUT2D eigenvalue weighted by Crippen LogP contribution is -2.55. The van der Waals surface area contributed by atoms with Crippen molar-refractivity contribution in [2.75, 3.05) is 53.7 Å². The molecule has 6 atom stereocenters. The fraction of sp³-hybridized carbons (Fsp3) is 0.667. The fourth-order valence-corrected chi connectivity index (χ4v) is 11.4. The zero-order valence-electron chi connectivity index (χ0n) is 48.8. The number of likely N-dealkylation sites (tertiary alicyclic amines) is 1. The second kappa shape index (κ2) is 29.6. The third-order valence-electron chi connectivity index (χ3n) is 15.3. The van der Waals surface area contributed by atoms with Crippen molar-refractivity contribution in [3.05, 3.63) is 53.6 Å². The molecule has 0 radical (unpaired) electrons. The van der Waals surface area contributed by atoms with Gasteiger partial charge in [-0.15, -0.1) is 0 Å². The van der Waals surface area contributed by atoms with Gasteiger partial charge in [0.15, 0.2) is 0 Å². The number of hydrogen-bond donors (Lipinski definition) is 5. The molecule has 4 fully saturated rings. The molecule has 5 N–H and O–H groups in total. The summed E-state index contributed by atoms with van der Waals surface area (Å²) < 4.78 is 38.7. The number of aromatic hydroxyl groups is 2. The molecule has 2 saturated carbocycles. The van der Waals surface area contributed by atoms with Crippen LogP contribution in [0.2, 0.25) is 0 Å². The highest BCUT2D eigenvalue weighted by Gasteiger charge is 2.48. The summed E-state index contributed by atoms with van der Waals surface area (Å²) in [5, 5.41) is 34.9. The molecule has 82 heavy (non-hydrogen) atoms. The van der Waals surface area contributed by atoms with Crippen LogP contribution >= 0.6 is 0 Å². The van der Waals surface area contributed by atoms with E-state index in [0.29, 0.717) is 101 Å². The first-order chi connectivity index (χ1) is 38.8. The molecule has 3 aliphatic heterocycles. The second-order valence-corrected chi connectivity index (χ2v) is 24.0. The molecule has 4 bridgehead atoms. The summed E-state index contributed by atoms with van der Waals surface area (Å²) in [5.74, 6) is -3.81. The molecule has 5 aliphatic rings. The van der Waals surface area contributed by atoms with Gasteiger partial charge in [-0.05, 0) is 147 Å². The van der Waals surface area contributed by atoms with Gasteiger partial charge in [-0.2, -0.15) is 0 Å². The molecule has 0 unspecified atom stereocenters. The molecular formula is C60H86N4O18. The lowest BCUT2D eigenvalue weighted by molar-refractivity contribution is -0.162. The highest BCUT2D eigenvalue weighted by molar-refractivity contribution is 5.93. The summed E-state index contributed by atoms with van der Waals surface area (Å²) in [7, 11) is 2.55. The van der Waals surface area contributed by atoms with Crippen LogP contribution in [-0.4, -0.2) is 174 Å². The van der Waals surface area contributed by atoms with E-state index in [1.807, 2.05) is 41.5 Å². The Balaban J connectivity index is 0.000000264. The van der Waals surface area contributed by atoms with E-state index in [0.717, 1.165) is 0 Å². The van der Waals surface area contributed by atoms with E-state index in [9.17, 15) is 48.6 Å². The minimum Gasteiger partial charge on any atom is -0.508 e. The van der Waals surface area contributed by atoms with Crippen LogP contribution in [0.25, 0.3) is 0 Å². The fourth-order valence-electron chi connectivity index (χ4n) is 11.4. The van der Waals surface area contributed by atoms with E-state index >= 15 is 0 Å². The number of nitrogens with one attached hydrogen (secondary N) is 2. The number of amides is 4. The van der Waals surface area contributed by atoms with Crippen LogP contribution < -0.4 is 15.4 Å². The van der Waals surface area contributed by atoms with Crippen molar-refractivity contribution in [2.45, 2.75) is 179 Å². The average Bonchev–Trinajstić information content (AvgIpc) is 4.28. The average molecular weight is 1150 g/mol. The quantitative estimate of drug-likeness (QED) is 0.0980. The van der Waals surface area contributed by atoms with E-state index in [2.05, 4.69) is 10.6 Å². The molecule has 2 aromatic rings. The van der Waals surface area contributed by atoms with Crippen molar-refractivity contribution < 1.29 is 86.8 Å². The first kappa shape index (κ1) is 64.6. The van der Waals surface area contributed by atoms with Crippen molar-refractivity contribution in [2.24, 2.45) is 23.7 Å². The number of nitrogens with zero attached hydrogens (tertiary/aromatic N) is 2. The topological polar surface area (TPSA) is 292 Å². The van der Waals surface area contributed by atoms with E-state index in [1.54, 1.807) is 18.2 Å². The van der Waals surface area contributed by atoms with Gasteiger partial charge in [0.05, 0.1) is 64.3 Å². The van der Waals surface area contributed by atoms with Crippen molar-refractivity contribution in [3.8, 4) is 17.2 Å². The van der Waals surface area contributed by atoms with E-state index in [4.69, 9.17) is 38.3 Å². The molecule has 2 aliphatic carbocycles. The van der Waals surface area contributed by atoms with Gasteiger partial charge in [0, 0.05) is 51.6 Å². The monoisotopic (exact) mass is 1150 g/mol. The Morgan fingerprint density at radius 1 is 0.756 bits per heavy atom. The SMILES string of the molecule is COC(=O)[C@@H]1C[C@@H](OCCCO)CN1C(=O)[C@@H](NC(=O)Cc1cccc(O)c1)C1CCC(C(=O)OC(C)(C)C)CC1.COC(=O)[C@@H]1C[C@@H]2CN1C(=O)[C@H](C1CCC(C(=O)OC(C)(C)C)CC1)NC(=O)Cc1cc(O)cc(c1)OCCCO2. The first-order valence-electron chi connectivity index (χ1n) is 28.7. The number of carbonyl (C=O) groups is 8. The van der Waals surface area contributed by atoms with Crippen molar-refractivity contribution in [1.29, 1.82) is 0 Å². The Morgan fingerprint density at radius 2 is 1.39 bits per heavy atom. The number of fused-ring (bicyclic) bond motifs is 4. The van der Waals surface area contributed by atoms with Gasteiger partial charge in [-0.1, -0.05) is 12.1 Å². The number of hydrogen-bond acceptors (Lipinski definition) is 18. The smallest absolute Gasteiger partial charge is 0.328 e. The van der Waals surface area contributed by atoms with E-state index in [-0.39, 0.29) is 105 Å². The minimum atomic E-state index is -0.928. The van der Waals surface area contributed by atoms with E-state index < -0.39 is 71.1 Å². The predicted molar refractivity (Wildman–Crippen MR) is 296 cm³/mol. The molecule has 454 valence electrons. The van der Waals surface area contributed by atoms with Crippen molar-refractivity contribution in [3.63, 3.8) is 0 Å². The van der Waals surface area contributed by atoms with Gasteiger partial charge in [0.2, 0.25) is 23.6 Å². The highest BCUT2D eigenvalue weighted by atomic mass is 16.6. The number of aliphatic hydroxyl groups is 1. The highest BCUT2D eigenvalue weighted by Crippen LogP contribution is 2.37. The van der Waals surface area contributed by atoms with Crippen LogP contribution in [0.3, 0.4) is 0 Å². The normalized spacial score (nSPS) is 25.7. The van der Waals surface area contributed by atoms with Crippen molar-refractivity contribution >= 4 is 47.5 Å². The Labute approximate surface area is 480 Å². The maximum Gasteiger partial charge on any atom is 0.328 e. The number of esters is 4. The number of ether oxygens (including phenoxy) is 7. The van der Waals surface area contributed by atoms with Gasteiger partial charge in [-0.3, -0.25) is 28.8 Å². The van der Waals surface area contributed by atoms with Crippen molar-refractivity contribution in [1.82, 2.24) is 20.4 Å². The molecule has 2 aromatic carbocycles.